The van der Waals surface area contributed by atoms with Crippen molar-refractivity contribution in [3.8, 4) is 0 Å². The third-order valence-electron chi connectivity index (χ3n) is 5.31. The summed E-state index contributed by atoms with van der Waals surface area (Å²) >= 11 is 0. The topological polar surface area (TPSA) is 32.6 Å². The van der Waals surface area contributed by atoms with Crippen molar-refractivity contribution in [3.05, 3.63) is 12.7 Å². The van der Waals surface area contributed by atoms with Crippen molar-refractivity contribution in [2.24, 2.45) is 4.99 Å². The molecule has 3 heteroatoms. The molecule has 0 radical (unpaired) electrons. The molecule has 0 aliphatic carbocycles. The van der Waals surface area contributed by atoms with Crippen LogP contribution < -0.4 is 0 Å². The molecule has 1 heterocycles. The highest BCUT2D eigenvalue weighted by atomic mass is 16.3. The Labute approximate surface area is 144 Å². The second-order valence-corrected chi connectivity index (χ2v) is 6.94. The molecule has 1 N–H and O–H groups in total. The lowest BCUT2D eigenvalue weighted by Crippen LogP contribution is -2.52. The van der Waals surface area contributed by atoms with Crippen molar-refractivity contribution in [3.63, 3.8) is 0 Å². The SMILES string of the molecule is C=CCCCCCCCCCCCC1=NCC[N+]1(CC)CCO. The minimum atomic E-state index is 0.277. The van der Waals surface area contributed by atoms with E-state index in [-0.39, 0.29) is 6.61 Å². The zero-order chi connectivity index (χ0) is 16.8. The smallest absolute Gasteiger partial charge is 0.198 e. The third-order valence-corrected chi connectivity index (χ3v) is 5.31. The van der Waals surface area contributed by atoms with E-state index in [2.05, 4.69) is 13.5 Å². The highest BCUT2D eigenvalue weighted by Crippen LogP contribution is 2.20. The molecule has 0 spiro atoms. The second-order valence-electron chi connectivity index (χ2n) is 6.94. The number of aliphatic hydroxyl groups excluding tert-OH is 1. The Balaban J connectivity index is 2.01. The fourth-order valence-electron chi connectivity index (χ4n) is 3.71. The minimum Gasteiger partial charge on any atom is -0.390 e. The van der Waals surface area contributed by atoms with Crippen molar-refractivity contribution in [2.75, 3.05) is 32.8 Å². The van der Waals surface area contributed by atoms with Gasteiger partial charge in [-0.05, 0) is 26.2 Å². The van der Waals surface area contributed by atoms with Crippen molar-refractivity contribution < 1.29 is 9.59 Å². The molecule has 3 nitrogen and oxygen atoms in total. The number of amidine groups is 1. The van der Waals surface area contributed by atoms with E-state index in [1.807, 2.05) is 6.08 Å². The maximum atomic E-state index is 9.33. The molecule has 134 valence electrons. The lowest BCUT2D eigenvalue weighted by molar-refractivity contribution is -0.835. The summed E-state index contributed by atoms with van der Waals surface area (Å²) < 4.78 is 0.946. The zero-order valence-corrected chi connectivity index (χ0v) is 15.4. The number of hydrogen-bond donors (Lipinski definition) is 1. The summed E-state index contributed by atoms with van der Waals surface area (Å²) in [5.74, 6) is 1.35. The summed E-state index contributed by atoms with van der Waals surface area (Å²) in [5.41, 5.74) is 0. The number of likely N-dealkylation sites (N-methyl/N-ethyl adjacent to an activating group) is 1. The van der Waals surface area contributed by atoms with Crippen LogP contribution in [-0.4, -0.2) is 48.2 Å². The number of nitrogens with zero attached hydrogens (tertiary/aromatic N) is 2. The van der Waals surface area contributed by atoms with E-state index in [4.69, 9.17) is 4.99 Å². The molecule has 0 bridgehead atoms. The van der Waals surface area contributed by atoms with E-state index in [0.717, 1.165) is 37.1 Å². The predicted octanol–water partition coefficient (Wildman–Crippen LogP) is 4.70. The van der Waals surface area contributed by atoms with Gasteiger partial charge >= 0.3 is 0 Å². The van der Waals surface area contributed by atoms with Gasteiger partial charge in [-0.15, -0.1) is 6.58 Å². The molecule has 0 aromatic rings. The largest absolute Gasteiger partial charge is 0.390 e. The first-order valence-corrected chi connectivity index (χ1v) is 9.91. The van der Waals surface area contributed by atoms with Crippen LogP contribution in [0.2, 0.25) is 0 Å². The molecule has 0 saturated heterocycles. The summed E-state index contributed by atoms with van der Waals surface area (Å²) in [6.07, 6.45) is 16.6. The van der Waals surface area contributed by atoms with Crippen molar-refractivity contribution in [2.45, 2.75) is 77.6 Å². The summed E-state index contributed by atoms with van der Waals surface area (Å²) in [4.78, 5) is 4.73. The Hall–Kier alpha value is -0.670. The van der Waals surface area contributed by atoms with Gasteiger partial charge in [0.05, 0.1) is 19.7 Å². The average Bonchev–Trinajstić information content (AvgIpc) is 2.96. The van der Waals surface area contributed by atoms with Gasteiger partial charge < -0.3 is 5.11 Å². The Morgan fingerprint density at radius 3 is 2.22 bits per heavy atom. The number of hydrogen-bond acceptors (Lipinski definition) is 2. The Morgan fingerprint density at radius 1 is 1.04 bits per heavy atom. The maximum Gasteiger partial charge on any atom is 0.198 e. The fraction of sp³-hybridized carbons (Fsp3) is 0.850. The van der Waals surface area contributed by atoms with Crippen LogP contribution in [0.5, 0.6) is 0 Å². The van der Waals surface area contributed by atoms with E-state index in [1.165, 1.54) is 70.0 Å². The highest BCUT2D eigenvalue weighted by molar-refractivity contribution is 5.76. The van der Waals surface area contributed by atoms with Crippen LogP contribution >= 0.6 is 0 Å². The Bertz CT molecular complexity index is 341. The van der Waals surface area contributed by atoms with E-state index in [9.17, 15) is 5.11 Å². The van der Waals surface area contributed by atoms with Crippen LogP contribution in [0.25, 0.3) is 0 Å². The number of rotatable bonds is 15. The van der Waals surface area contributed by atoms with Crippen LogP contribution in [-0.2, 0) is 0 Å². The van der Waals surface area contributed by atoms with Gasteiger partial charge in [-0.3, -0.25) is 4.48 Å². The first-order chi connectivity index (χ1) is 11.3. The first-order valence-electron chi connectivity index (χ1n) is 9.91. The quantitative estimate of drug-likeness (QED) is 0.264. The average molecular weight is 324 g/mol. The maximum absolute atomic E-state index is 9.33. The van der Waals surface area contributed by atoms with E-state index >= 15 is 0 Å². The lowest BCUT2D eigenvalue weighted by atomic mass is 10.1. The van der Waals surface area contributed by atoms with Crippen LogP contribution in [0.1, 0.15) is 77.6 Å². The molecule has 0 aromatic carbocycles. The van der Waals surface area contributed by atoms with Crippen molar-refractivity contribution in [1.29, 1.82) is 0 Å². The van der Waals surface area contributed by atoms with Crippen LogP contribution in [0.3, 0.4) is 0 Å². The predicted molar refractivity (Wildman–Crippen MR) is 101 cm³/mol. The molecule has 0 saturated carbocycles. The summed E-state index contributed by atoms with van der Waals surface area (Å²) in [7, 11) is 0. The minimum absolute atomic E-state index is 0.277. The molecule has 1 atom stereocenters. The summed E-state index contributed by atoms with van der Waals surface area (Å²) in [6.45, 7) is 10.2. The van der Waals surface area contributed by atoms with Crippen LogP contribution in [0, 0.1) is 0 Å². The van der Waals surface area contributed by atoms with Crippen molar-refractivity contribution in [1.82, 2.24) is 0 Å². The first kappa shape index (κ1) is 20.4. The standard InChI is InChI=1S/C20H39N2O/c1-3-5-6-7-8-9-10-11-12-13-14-15-20-21-16-17-22(20,4-2)18-19-23/h3,23H,1,4-19H2,2H3/q+1. The van der Waals surface area contributed by atoms with Gasteiger partial charge in [0.2, 0.25) is 0 Å². The monoisotopic (exact) mass is 323 g/mol. The molecule has 1 aliphatic rings. The number of quaternary nitrogens is 1. The third kappa shape index (κ3) is 7.63. The van der Waals surface area contributed by atoms with Gasteiger partial charge in [0.1, 0.15) is 13.1 Å². The number of aliphatic hydroxyl groups is 1. The summed E-state index contributed by atoms with van der Waals surface area (Å²) in [6, 6.07) is 0. The molecule has 23 heavy (non-hydrogen) atoms. The van der Waals surface area contributed by atoms with Crippen LogP contribution in [0.15, 0.2) is 17.6 Å². The molecule has 1 unspecified atom stereocenters. The number of unbranched alkanes of at least 4 members (excludes halogenated alkanes) is 9. The van der Waals surface area contributed by atoms with Gasteiger partial charge in [0.25, 0.3) is 0 Å². The van der Waals surface area contributed by atoms with Gasteiger partial charge in [-0.1, -0.05) is 51.0 Å². The van der Waals surface area contributed by atoms with E-state index in [1.54, 1.807) is 0 Å². The molecule has 1 rings (SSSR count). The molecule has 0 fully saturated rings. The second kappa shape index (κ2) is 12.7. The van der Waals surface area contributed by atoms with Gasteiger partial charge in [-0.2, -0.15) is 0 Å². The fourth-order valence-corrected chi connectivity index (χ4v) is 3.71. The summed E-state index contributed by atoms with van der Waals surface area (Å²) in [5, 5.41) is 9.33. The lowest BCUT2D eigenvalue weighted by Gasteiger charge is -2.33. The number of allylic oxidation sites excluding steroid dienone is 1. The van der Waals surface area contributed by atoms with E-state index < -0.39 is 0 Å². The molecule has 0 aromatic heterocycles. The molecular weight excluding hydrogens is 284 g/mol. The normalized spacial score (nSPS) is 20.7. The Morgan fingerprint density at radius 2 is 1.65 bits per heavy atom. The number of aliphatic imine (C=N–C) groups is 1. The van der Waals surface area contributed by atoms with Gasteiger partial charge in [-0.25, -0.2) is 4.99 Å². The van der Waals surface area contributed by atoms with Crippen LogP contribution in [0.4, 0.5) is 0 Å². The highest BCUT2D eigenvalue weighted by Gasteiger charge is 2.35. The van der Waals surface area contributed by atoms with Crippen molar-refractivity contribution >= 4 is 5.84 Å². The molecule has 1 aliphatic heterocycles. The Kier molecular flexibility index (Phi) is 11.3. The molecular formula is C20H39N2O+. The van der Waals surface area contributed by atoms with E-state index in [0.29, 0.717) is 0 Å². The zero-order valence-electron chi connectivity index (χ0n) is 15.4. The molecule has 0 amide bonds. The van der Waals surface area contributed by atoms with Gasteiger partial charge in [0, 0.05) is 6.42 Å². The van der Waals surface area contributed by atoms with Gasteiger partial charge in [0.15, 0.2) is 5.84 Å².